The van der Waals surface area contributed by atoms with Gasteiger partial charge < -0.3 is 9.47 Å². The van der Waals surface area contributed by atoms with E-state index in [0.717, 1.165) is 5.56 Å². The fraction of sp³-hybridized carbons (Fsp3) is 0.500. The molecule has 0 radical (unpaired) electrons. The summed E-state index contributed by atoms with van der Waals surface area (Å²) in [5, 5.41) is 0.708. The van der Waals surface area contributed by atoms with E-state index in [0.29, 0.717) is 16.5 Å². The first kappa shape index (κ1) is 12.2. The van der Waals surface area contributed by atoms with E-state index in [4.69, 9.17) is 21.1 Å². The Morgan fingerprint density at radius 3 is 1.87 bits per heavy atom. The molecule has 0 heterocycles. The predicted molar refractivity (Wildman–Crippen MR) is 63.3 cm³/mol. The van der Waals surface area contributed by atoms with Gasteiger partial charge in [-0.3, -0.25) is 0 Å². The molecule has 3 heteroatoms. The molecule has 0 aliphatic heterocycles. The summed E-state index contributed by atoms with van der Waals surface area (Å²) >= 11 is 6.19. The molecule has 0 aliphatic carbocycles. The van der Waals surface area contributed by atoms with Gasteiger partial charge in [0.2, 0.25) is 0 Å². The maximum atomic E-state index is 6.19. The van der Waals surface area contributed by atoms with Crippen LogP contribution in [0, 0.1) is 0 Å². The Hall–Kier alpha value is -0.890. The largest absolute Gasteiger partial charge is 0.493 e. The monoisotopic (exact) mass is 228 g/mol. The SMILES string of the molecule is COc1cc(Cl)c(C(C)(C)C)cc1OC. The molecule has 1 rings (SSSR count). The molecular weight excluding hydrogens is 212 g/mol. The third kappa shape index (κ3) is 2.57. The number of hydrogen-bond acceptors (Lipinski definition) is 2. The van der Waals surface area contributed by atoms with E-state index < -0.39 is 0 Å². The van der Waals surface area contributed by atoms with Crippen LogP contribution in [0.5, 0.6) is 11.5 Å². The zero-order chi connectivity index (χ0) is 11.6. The van der Waals surface area contributed by atoms with E-state index in [1.807, 2.05) is 6.07 Å². The number of halogens is 1. The Morgan fingerprint density at radius 2 is 1.47 bits per heavy atom. The maximum absolute atomic E-state index is 6.19. The fourth-order valence-corrected chi connectivity index (χ4v) is 1.87. The second kappa shape index (κ2) is 4.31. The minimum absolute atomic E-state index is 0.00334. The topological polar surface area (TPSA) is 18.5 Å². The summed E-state index contributed by atoms with van der Waals surface area (Å²) in [6.07, 6.45) is 0. The lowest BCUT2D eigenvalue weighted by molar-refractivity contribution is 0.353. The van der Waals surface area contributed by atoms with Crippen LogP contribution >= 0.6 is 11.6 Å². The standard InChI is InChI=1S/C12H17ClO2/c1-12(2,3)8-6-10(14-4)11(15-5)7-9(8)13/h6-7H,1-5H3. The van der Waals surface area contributed by atoms with E-state index in [1.165, 1.54) is 0 Å². The minimum atomic E-state index is -0.00334. The summed E-state index contributed by atoms with van der Waals surface area (Å²) in [6.45, 7) is 6.33. The smallest absolute Gasteiger partial charge is 0.162 e. The van der Waals surface area contributed by atoms with Gasteiger partial charge in [-0.15, -0.1) is 0 Å². The van der Waals surface area contributed by atoms with E-state index in [1.54, 1.807) is 20.3 Å². The van der Waals surface area contributed by atoms with Crippen LogP contribution in [0.15, 0.2) is 12.1 Å². The fourth-order valence-electron chi connectivity index (χ4n) is 1.43. The van der Waals surface area contributed by atoms with Crippen molar-refractivity contribution >= 4 is 11.6 Å². The van der Waals surface area contributed by atoms with Crippen molar-refractivity contribution in [2.75, 3.05) is 14.2 Å². The van der Waals surface area contributed by atoms with Gasteiger partial charge in [0.15, 0.2) is 11.5 Å². The second-order valence-electron chi connectivity index (χ2n) is 4.44. The molecule has 0 aliphatic rings. The van der Waals surface area contributed by atoms with Crippen LogP contribution in [-0.2, 0) is 5.41 Å². The van der Waals surface area contributed by atoms with E-state index >= 15 is 0 Å². The third-order valence-corrected chi connectivity index (χ3v) is 2.59. The quantitative estimate of drug-likeness (QED) is 0.769. The van der Waals surface area contributed by atoms with Crippen molar-refractivity contribution in [3.8, 4) is 11.5 Å². The lowest BCUT2D eigenvalue weighted by Gasteiger charge is -2.22. The number of methoxy groups -OCH3 is 2. The number of ether oxygens (including phenoxy) is 2. The van der Waals surface area contributed by atoms with E-state index in [-0.39, 0.29) is 5.41 Å². The summed E-state index contributed by atoms with van der Waals surface area (Å²) in [5.41, 5.74) is 1.05. The average Bonchev–Trinajstić information content (AvgIpc) is 2.15. The first-order valence-electron chi connectivity index (χ1n) is 4.82. The molecule has 2 nitrogen and oxygen atoms in total. The molecule has 0 N–H and O–H groups in total. The number of hydrogen-bond donors (Lipinski definition) is 0. The molecule has 0 fully saturated rings. The number of rotatable bonds is 2. The molecule has 84 valence electrons. The lowest BCUT2D eigenvalue weighted by Crippen LogP contribution is -2.12. The summed E-state index contributed by atoms with van der Waals surface area (Å²) in [7, 11) is 3.23. The molecule has 0 amide bonds. The summed E-state index contributed by atoms with van der Waals surface area (Å²) in [6, 6.07) is 3.72. The highest BCUT2D eigenvalue weighted by atomic mass is 35.5. The zero-order valence-electron chi connectivity index (χ0n) is 9.85. The molecule has 1 aromatic rings. The van der Waals surface area contributed by atoms with Crippen molar-refractivity contribution in [2.24, 2.45) is 0 Å². The Bertz CT molecular complexity index is 353. The van der Waals surface area contributed by atoms with Gasteiger partial charge in [-0.2, -0.15) is 0 Å². The Balaban J connectivity index is 3.32. The summed E-state index contributed by atoms with van der Waals surface area (Å²) < 4.78 is 10.4. The highest BCUT2D eigenvalue weighted by molar-refractivity contribution is 6.31. The normalized spacial score (nSPS) is 11.3. The van der Waals surface area contributed by atoms with Crippen LogP contribution in [0.3, 0.4) is 0 Å². The third-order valence-electron chi connectivity index (χ3n) is 2.28. The van der Waals surface area contributed by atoms with Crippen molar-refractivity contribution in [1.29, 1.82) is 0 Å². The van der Waals surface area contributed by atoms with Crippen molar-refractivity contribution in [2.45, 2.75) is 26.2 Å². The van der Waals surface area contributed by atoms with Crippen molar-refractivity contribution in [3.05, 3.63) is 22.7 Å². The molecule has 0 aromatic heterocycles. The molecule has 0 unspecified atom stereocenters. The van der Waals surface area contributed by atoms with Gasteiger partial charge in [0.1, 0.15) is 0 Å². The molecule has 1 aromatic carbocycles. The molecule has 0 atom stereocenters. The van der Waals surface area contributed by atoms with Crippen LogP contribution in [-0.4, -0.2) is 14.2 Å². The van der Waals surface area contributed by atoms with Crippen LogP contribution in [0.1, 0.15) is 26.3 Å². The predicted octanol–water partition coefficient (Wildman–Crippen LogP) is 3.65. The van der Waals surface area contributed by atoms with Crippen molar-refractivity contribution in [1.82, 2.24) is 0 Å². The first-order chi connectivity index (χ1) is 6.90. The molecule has 0 bridgehead atoms. The Morgan fingerprint density at radius 1 is 1.00 bits per heavy atom. The molecular formula is C12H17ClO2. The van der Waals surface area contributed by atoms with Crippen LogP contribution in [0.25, 0.3) is 0 Å². The van der Waals surface area contributed by atoms with Crippen molar-refractivity contribution in [3.63, 3.8) is 0 Å². The van der Waals surface area contributed by atoms with Gasteiger partial charge >= 0.3 is 0 Å². The van der Waals surface area contributed by atoms with Gasteiger partial charge in [0.05, 0.1) is 14.2 Å². The van der Waals surface area contributed by atoms with Crippen LogP contribution in [0.2, 0.25) is 5.02 Å². The lowest BCUT2D eigenvalue weighted by atomic mass is 9.87. The van der Waals surface area contributed by atoms with Gasteiger partial charge in [-0.25, -0.2) is 0 Å². The maximum Gasteiger partial charge on any atom is 0.162 e. The summed E-state index contributed by atoms with van der Waals surface area (Å²) in [5.74, 6) is 1.38. The van der Waals surface area contributed by atoms with Crippen LogP contribution in [0.4, 0.5) is 0 Å². The molecule has 15 heavy (non-hydrogen) atoms. The van der Waals surface area contributed by atoms with E-state index in [9.17, 15) is 0 Å². The molecule has 0 saturated carbocycles. The van der Waals surface area contributed by atoms with Crippen molar-refractivity contribution < 1.29 is 9.47 Å². The van der Waals surface area contributed by atoms with Gasteiger partial charge in [0.25, 0.3) is 0 Å². The first-order valence-corrected chi connectivity index (χ1v) is 5.20. The zero-order valence-corrected chi connectivity index (χ0v) is 10.6. The highest BCUT2D eigenvalue weighted by Crippen LogP contribution is 2.38. The minimum Gasteiger partial charge on any atom is -0.493 e. The van der Waals surface area contributed by atoms with Gasteiger partial charge in [0, 0.05) is 11.1 Å². The molecule has 0 spiro atoms. The molecule has 0 saturated heterocycles. The Kier molecular flexibility index (Phi) is 3.50. The second-order valence-corrected chi connectivity index (χ2v) is 4.84. The Labute approximate surface area is 96.2 Å². The highest BCUT2D eigenvalue weighted by Gasteiger charge is 2.20. The number of benzene rings is 1. The average molecular weight is 229 g/mol. The van der Waals surface area contributed by atoms with E-state index in [2.05, 4.69) is 20.8 Å². The summed E-state index contributed by atoms with van der Waals surface area (Å²) in [4.78, 5) is 0. The van der Waals surface area contributed by atoms with Crippen LogP contribution < -0.4 is 9.47 Å². The van der Waals surface area contributed by atoms with Gasteiger partial charge in [-0.1, -0.05) is 32.4 Å². The van der Waals surface area contributed by atoms with Gasteiger partial charge in [-0.05, 0) is 17.0 Å².